The molecule has 1 aliphatic heterocycles. The van der Waals surface area contributed by atoms with E-state index in [1.54, 1.807) is 4.68 Å². The number of rotatable bonds is 4. The first-order chi connectivity index (χ1) is 14.7. The Labute approximate surface area is 183 Å². The standard InChI is InChI=1S/C23H17ClN4OS/c24-19-13-11-16(12-14-19)20-15-30-22-26-25-21(28(22)27-20)23(29,17-7-3-1-4-8-17)18-9-5-2-6-10-18/h1-14,29H,15H2. The zero-order chi connectivity index (χ0) is 20.6. The molecule has 0 amide bonds. The van der Waals surface area contributed by atoms with Crippen molar-refractivity contribution in [2.24, 2.45) is 5.10 Å². The molecule has 0 saturated carbocycles. The summed E-state index contributed by atoms with van der Waals surface area (Å²) < 4.78 is 1.65. The van der Waals surface area contributed by atoms with Gasteiger partial charge >= 0.3 is 0 Å². The van der Waals surface area contributed by atoms with Crippen molar-refractivity contribution < 1.29 is 5.11 Å². The first kappa shape index (κ1) is 19.1. The van der Waals surface area contributed by atoms with Crippen molar-refractivity contribution in [3.05, 3.63) is 112 Å². The van der Waals surface area contributed by atoms with Gasteiger partial charge < -0.3 is 5.11 Å². The monoisotopic (exact) mass is 432 g/mol. The molecule has 1 N–H and O–H groups in total. The number of hydrogen-bond donors (Lipinski definition) is 1. The van der Waals surface area contributed by atoms with Crippen LogP contribution in [0.15, 0.2) is 95.2 Å². The van der Waals surface area contributed by atoms with Gasteiger partial charge in [-0.15, -0.1) is 10.2 Å². The van der Waals surface area contributed by atoms with Crippen LogP contribution in [0, 0.1) is 0 Å². The lowest BCUT2D eigenvalue weighted by atomic mass is 9.85. The maximum atomic E-state index is 12.0. The van der Waals surface area contributed by atoms with E-state index in [9.17, 15) is 5.11 Å². The van der Waals surface area contributed by atoms with E-state index in [4.69, 9.17) is 16.7 Å². The highest BCUT2D eigenvalue weighted by atomic mass is 35.5. The Morgan fingerprint density at radius 1 is 0.833 bits per heavy atom. The number of benzene rings is 3. The van der Waals surface area contributed by atoms with Gasteiger partial charge in [-0.25, -0.2) is 0 Å². The summed E-state index contributed by atoms with van der Waals surface area (Å²) in [7, 11) is 0. The van der Waals surface area contributed by atoms with Gasteiger partial charge in [0.1, 0.15) is 0 Å². The maximum Gasteiger partial charge on any atom is 0.212 e. The zero-order valence-corrected chi connectivity index (χ0v) is 17.4. The molecular weight excluding hydrogens is 416 g/mol. The average Bonchev–Trinajstić information content (AvgIpc) is 3.24. The lowest BCUT2D eigenvalue weighted by Crippen LogP contribution is -2.33. The van der Waals surface area contributed by atoms with Crippen LogP contribution in [-0.4, -0.2) is 31.4 Å². The largest absolute Gasteiger partial charge is 0.373 e. The highest BCUT2D eigenvalue weighted by Gasteiger charge is 2.40. The van der Waals surface area contributed by atoms with Crippen molar-refractivity contribution in [2.45, 2.75) is 10.8 Å². The van der Waals surface area contributed by atoms with Crippen molar-refractivity contribution in [1.82, 2.24) is 14.9 Å². The van der Waals surface area contributed by atoms with Crippen LogP contribution in [-0.2, 0) is 5.60 Å². The van der Waals surface area contributed by atoms with Crippen molar-refractivity contribution in [2.75, 3.05) is 5.75 Å². The molecule has 1 aromatic heterocycles. The second kappa shape index (κ2) is 7.72. The molecule has 148 valence electrons. The number of hydrogen-bond acceptors (Lipinski definition) is 5. The minimum Gasteiger partial charge on any atom is -0.373 e. The lowest BCUT2D eigenvalue weighted by Gasteiger charge is -2.28. The Kier molecular flexibility index (Phi) is 4.90. The molecule has 0 atom stereocenters. The molecule has 0 unspecified atom stereocenters. The van der Waals surface area contributed by atoms with Crippen molar-refractivity contribution in [3.63, 3.8) is 0 Å². The fraction of sp³-hybridized carbons (Fsp3) is 0.0870. The summed E-state index contributed by atoms with van der Waals surface area (Å²) in [5, 5.41) is 26.9. The van der Waals surface area contributed by atoms with E-state index in [-0.39, 0.29) is 0 Å². The number of aromatic nitrogens is 3. The van der Waals surface area contributed by atoms with Crippen LogP contribution >= 0.6 is 23.4 Å². The summed E-state index contributed by atoms with van der Waals surface area (Å²) in [5.74, 6) is 1.02. The third kappa shape index (κ3) is 3.23. The fourth-order valence-electron chi connectivity index (χ4n) is 3.52. The van der Waals surface area contributed by atoms with Crippen molar-refractivity contribution in [1.29, 1.82) is 0 Å². The van der Waals surface area contributed by atoms with E-state index in [1.165, 1.54) is 11.8 Å². The van der Waals surface area contributed by atoms with Gasteiger partial charge in [-0.2, -0.15) is 9.78 Å². The van der Waals surface area contributed by atoms with Gasteiger partial charge in [-0.05, 0) is 28.8 Å². The molecule has 30 heavy (non-hydrogen) atoms. The average molecular weight is 433 g/mol. The molecule has 4 aromatic rings. The van der Waals surface area contributed by atoms with Crippen LogP contribution in [0.5, 0.6) is 0 Å². The van der Waals surface area contributed by atoms with Crippen LogP contribution in [0.25, 0.3) is 0 Å². The van der Waals surface area contributed by atoms with Gasteiger partial charge in [0, 0.05) is 10.8 Å². The molecule has 0 saturated heterocycles. The molecule has 1 aliphatic rings. The molecule has 0 spiro atoms. The predicted molar refractivity (Wildman–Crippen MR) is 119 cm³/mol. The summed E-state index contributed by atoms with van der Waals surface area (Å²) in [5.41, 5.74) is 1.74. The number of thioether (sulfide) groups is 1. The Bertz CT molecular complexity index is 1170. The third-order valence-corrected chi connectivity index (χ3v) is 6.24. The van der Waals surface area contributed by atoms with Crippen LogP contribution in [0.4, 0.5) is 0 Å². The van der Waals surface area contributed by atoms with Gasteiger partial charge in [0.15, 0.2) is 11.4 Å². The lowest BCUT2D eigenvalue weighted by molar-refractivity contribution is 0.111. The van der Waals surface area contributed by atoms with Gasteiger partial charge in [-0.1, -0.05) is 96.2 Å². The van der Waals surface area contributed by atoms with Crippen LogP contribution in [0.3, 0.4) is 0 Å². The quantitative estimate of drug-likeness (QED) is 0.513. The molecule has 0 bridgehead atoms. The van der Waals surface area contributed by atoms with Crippen molar-refractivity contribution in [3.8, 4) is 0 Å². The Morgan fingerprint density at radius 3 is 2.03 bits per heavy atom. The Balaban J connectivity index is 1.69. The third-order valence-electron chi connectivity index (χ3n) is 5.05. The van der Waals surface area contributed by atoms with Crippen LogP contribution < -0.4 is 0 Å². The second-order valence-corrected chi connectivity index (χ2v) is 8.28. The van der Waals surface area contributed by atoms with Gasteiger partial charge in [0.05, 0.1) is 5.71 Å². The summed E-state index contributed by atoms with van der Waals surface area (Å²) in [4.78, 5) is 0. The smallest absolute Gasteiger partial charge is 0.212 e. The Hall–Kier alpha value is -2.93. The minimum atomic E-state index is -1.50. The minimum absolute atomic E-state index is 0.355. The highest BCUT2D eigenvalue weighted by Crippen LogP contribution is 2.38. The topological polar surface area (TPSA) is 63.3 Å². The van der Waals surface area contributed by atoms with E-state index in [2.05, 4.69) is 10.2 Å². The van der Waals surface area contributed by atoms with E-state index < -0.39 is 5.60 Å². The molecule has 3 aromatic carbocycles. The maximum absolute atomic E-state index is 12.0. The van der Waals surface area contributed by atoms with E-state index in [0.717, 1.165) is 11.3 Å². The van der Waals surface area contributed by atoms with E-state index >= 15 is 0 Å². The van der Waals surface area contributed by atoms with Crippen molar-refractivity contribution >= 4 is 29.1 Å². The van der Waals surface area contributed by atoms with Gasteiger partial charge in [0.2, 0.25) is 5.16 Å². The summed E-state index contributed by atoms with van der Waals surface area (Å²) in [6, 6.07) is 26.5. The number of nitrogens with zero attached hydrogens (tertiary/aromatic N) is 4. The highest BCUT2D eigenvalue weighted by molar-refractivity contribution is 7.99. The predicted octanol–water partition coefficient (Wildman–Crippen LogP) is 4.57. The fourth-order valence-corrected chi connectivity index (χ4v) is 4.48. The molecule has 5 nitrogen and oxygen atoms in total. The molecule has 7 heteroatoms. The summed E-state index contributed by atoms with van der Waals surface area (Å²) in [6.45, 7) is 0. The zero-order valence-electron chi connectivity index (χ0n) is 15.8. The number of aliphatic hydroxyl groups is 1. The van der Waals surface area contributed by atoms with Crippen LogP contribution in [0.1, 0.15) is 22.5 Å². The van der Waals surface area contributed by atoms with Gasteiger partial charge in [0.25, 0.3) is 0 Å². The van der Waals surface area contributed by atoms with E-state index in [1.807, 2.05) is 84.9 Å². The summed E-state index contributed by atoms with van der Waals surface area (Å²) >= 11 is 7.57. The molecule has 5 rings (SSSR count). The van der Waals surface area contributed by atoms with Gasteiger partial charge in [-0.3, -0.25) is 0 Å². The molecule has 0 fully saturated rings. The number of halogens is 1. The summed E-state index contributed by atoms with van der Waals surface area (Å²) in [6.07, 6.45) is 0. The molecule has 0 radical (unpaired) electrons. The molecule has 0 aliphatic carbocycles. The normalized spacial score (nSPS) is 13.6. The second-order valence-electron chi connectivity index (χ2n) is 6.90. The molecule has 2 heterocycles. The first-order valence-corrected chi connectivity index (χ1v) is 10.8. The van der Waals surface area contributed by atoms with E-state index in [0.29, 0.717) is 32.9 Å². The Morgan fingerprint density at radius 2 is 1.43 bits per heavy atom. The number of fused-ring (bicyclic) bond motifs is 1. The first-order valence-electron chi connectivity index (χ1n) is 9.42. The SMILES string of the molecule is OC(c1ccccc1)(c1ccccc1)c1nnc2n1N=C(c1ccc(Cl)cc1)CS2. The van der Waals surface area contributed by atoms with Crippen LogP contribution in [0.2, 0.25) is 5.02 Å². The molecular formula is C23H17ClN4OS.